The minimum Gasteiger partial charge on any atom is -0.487 e. The Morgan fingerprint density at radius 2 is 2.11 bits per heavy atom. The Kier molecular flexibility index (Phi) is 3.30. The Morgan fingerprint density at radius 1 is 1.32 bits per heavy atom. The Hall–Kier alpha value is -1.02. The van der Waals surface area contributed by atoms with Crippen molar-refractivity contribution < 1.29 is 4.74 Å². The van der Waals surface area contributed by atoms with Gasteiger partial charge in [-0.15, -0.1) is 0 Å². The van der Waals surface area contributed by atoms with Crippen LogP contribution in [0.1, 0.15) is 56.7 Å². The minimum atomic E-state index is 0.118. The third-order valence-electron chi connectivity index (χ3n) is 4.52. The van der Waals surface area contributed by atoms with E-state index in [9.17, 15) is 0 Å². The largest absolute Gasteiger partial charge is 0.487 e. The summed E-state index contributed by atoms with van der Waals surface area (Å²) < 4.78 is 6.35. The van der Waals surface area contributed by atoms with Crippen LogP contribution < -0.4 is 10.1 Å². The summed E-state index contributed by atoms with van der Waals surface area (Å²) in [6.45, 7) is 7.80. The van der Waals surface area contributed by atoms with Gasteiger partial charge in [-0.3, -0.25) is 0 Å². The molecule has 1 spiro atoms. The molecular formula is C17H25NO. The van der Waals surface area contributed by atoms with E-state index in [2.05, 4.69) is 44.3 Å². The molecule has 0 aromatic heterocycles. The maximum absolute atomic E-state index is 6.35. The molecule has 1 aromatic rings. The van der Waals surface area contributed by atoms with E-state index >= 15 is 0 Å². The molecule has 0 amide bonds. The van der Waals surface area contributed by atoms with Crippen LogP contribution in [0.15, 0.2) is 18.2 Å². The van der Waals surface area contributed by atoms with Crippen LogP contribution in [0.4, 0.5) is 0 Å². The summed E-state index contributed by atoms with van der Waals surface area (Å²) in [6.07, 6.45) is 4.74. The molecule has 2 nitrogen and oxygen atoms in total. The summed E-state index contributed by atoms with van der Waals surface area (Å²) in [5, 5.41) is 3.71. The van der Waals surface area contributed by atoms with Crippen molar-refractivity contribution in [2.24, 2.45) is 5.92 Å². The maximum atomic E-state index is 6.35. The van der Waals surface area contributed by atoms with Crippen molar-refractivity contribution in [3.63, 3.8) is 0 Å². The molecule has 1 fully saturated rings. The SMILES string of the molecule is CCCNC1CC2(CC(C)C2)Oc2ccc(C)cc21. The molecule has 1 N–H and O–H groups in total. The smallest absolute Gasteiger partial charge is 0.124 e. The average molecular weight is 259 g/mol. The highest BCUT2D eigenvalue weighted by atomic mass is 16.5. The molecule has 0 saturated heterocycles. The zero-order valence-corrected chi connectivity index (χ0v) is 12.3. The standard InChI is InChI=1S/C17H25NO/c1-4-7-18-15-11-17(9-13(3)10-17)19-16-6-5-12(2)8-14(15)16/h5-6,8,13,15,18H,4,7,9-11H2,1-3H3. The molecule has 1 heterocycles. The molecule has 1 aromatic carbocycles. The molecule has 3 rings (SSSR count). The van der Waals surface area contributed by atoms with Crippen LogP contribution >= 0.6 is 0 Å². The van der Waals surface area contributed by atoms with Crippen LogP contribution in [-0.4, -0.2) is 12.1 Å². The fraction of sp³-hybridized carbons (Fsp3) is 0.647. The van der Waals surface area contributed by atoms with Crippen molar-refractivity contribution in [3.05, 3.63) is 29.3 Å². The van der Waals surface area contributed by atoms with Gasteiger partial charge in [-0.25, -0.2) is 0 Å². The quantitative estimate of drug-likeness (QED) is 0.886. The fourth-order valence-electron chi connectivity index (χ4n) is 3.75. The second kappa shape index (κ2) is 4.82. The fourth-order valence-corrected chi connectivity index (χ4v) is 3.75. The van der Waals surface area contributed by atoms with Gasteiger partial charge >= 0.3 is 0 Å². The van der Waals surface area contributed by atoms with Crippen molar-refractivity contribution in [3.8, 4) is 5.75 Å². The van der Waals surface area contributed by atoms with Crippen LogP contribution in [-0.2, 0) is 0 Å². The topological polar surface area (TPSA) is 21.3 Å². The molecule has 1 aliphatic carbocycles. The Balaban J connectivity index is 1.88. The molecular weight excluding hydrogens is 234 g/mol. The molecule has 0 radical (unpaired) electrons. The number of nitrogens with one attached hydrogen (secondary N) is 1. The molecule has 1 saturated carbocycles. The molecule has 1 aliphatic heterocycles. The number of hydrogen-bond donors (Lipinski definition) is 1. The summed E-state index contributed by atoms with van der Waals surface area (Å²) in [4.78, 5) is 0. The van der Waals surface area contributed by atoms with Crippen LogP contribution in [0, 0.1) is 12.8 Å². The first-order valence-corrected chi connectivity index (χ1v) is 7.65. The lowest BCUT2D eigenvalue weighted by atomic mass is 9.67. The zero-order chi connectivity index (χ0) is 13.5. The van der Waals surface area contributed by atoms with Crippen molar-refractivity contribution in [1.29, 1.82) is 0 Å². The average Bonchev–Trinajstić information content (AvgIpc) is 2.35. The van der Waals surface area contributed by atoms with Gasteiger partial charge in [0.1, 0.15) is 11.4 Å². The number of aryl methyl sites for hydroxylation is 1. The number of benzene rings is 1. The van der Waals surface area contributed by atoms with E-state index < -0.39 is 0 Å². The predicted octanol–water partition coefficient (Wildman–Crippen LogP) is 3.99. The van der Waals surface area contributed by atoms with Gasteiger partial charge in [0.25, 0.3) is 0 Å². The number of fused-ring (bicyclic) bond motifs is 1. The lowest BCUT2D eigenvalue weighted by molar-refractivity contribution is -0.0689. The highest BCUT2D eigenvalue weighted by Crippen LogP contribution is 2.51. The van der Waals surface area contributed by atoms with Gasteiger partial charge in [-0.2, -0.15) is 0 Å². The summed E-state index contributed by atoms with van der Waals surface area (Å²) >= 11 is 0. The molecule has 104 valence electrons. The molecule has 2 heteroatoms. The van der Waals surface area contributed by atoms with Crippen LogP contribution in [0.5, 0.6) is 5.75 Å². The van der Waals surface area contributed by atoms with E-state index in [1.54, 1.807) is 0 Å². The van der Waals surface area contributed by atoms with E-state index in [4.69, 9.17) is 4.74 Å². The van der Waals surface area contributed by atoms with Gasteiger partial charge in [0.15, 0.2) is 0 Å². The number of ether oxygens (including phenoxy) is 1. The molecule has 0 bridgehead atoms. The summed E-state index contributed by atoms with van der Waals surface area (Å²) in [6, 6.07) is 7.08. The number of hydrogen-bond acceptors (Lipinski definition) is 2. The zero-order valence-electron chi connectivity index (χ0n) is 12.3. The Bertz CT molecular complexity index is 462. The highest BCUT2D eigenvalue weighted by Gasteiger charge is 2.48. The highest BCUT2D eigenvalue weighted by molar-refractivity contribution is 5.42. The van der Waals surface area contributed by atoms with Gasteiger partial charge in [-0.1, -0.05) is 31.5 Å². The monoisotopic (exact) mass is 259 g/mol. The summed E-state index contributed by atoms with van der Waals surface area (Å²) in [5.74, 6) is 1.93. The predicted molar refractivity (Wildman–Crippen MR) is 78.6 cm³/mol. The Morgan fingerprint density at radius 3 is 2.79 bits per heavy atom. The first-order valence-electron chi connectivity index (χ1n) is 7.65. The second-order valence-electron chi connectivity index (χ2n) is 6.55. The van der Waals surface area contributed by atoms with Crippen LogP contribution in [0.2, 0.25) is 0 Å². The third kappa shape index (κ3) is 2.38. The summed E-state index contributed by atoms with van der Waals surface area (Å²) in [5.41, 5.74) is 2.80. The van der Waals surface area contributed by atoms with Gasteiger partial charge in [0.2, 0.25) is 0 Å². The first kappa shape index (κ1) is 13.0. The van der Waals surface area contributed by atoms with Crippen molar-refractivity contribution in [1.82, 2.24) is 5.32 Å². The van der Waals surface area contributed by atoms with E-state index in [0.717, 1.165) is 24.6 Å². The Labute approximate surface area is 116 Å². The summed E-state index contributed by atoms with van der Waals surface area (Å²) in [7, 11) is 0. The van der Waals surface area contributed by atoms with E-state index in [0.29, 0.717) is 6.04 Å². The molecule has 19 heavy (non-hydrogen) atoms. The lowest BCUT2D eigenvalue weighted by Gasteiger charge is -2.51. The van der Waals surface area contributed by atoms with Gasteiger partial charge in [0, 0.05) is 18.0 Å². The maximum Gasteiger partial charge on any atom is 0.124 e. The number of rotatable bonds is 3. The van der Waals surface area contributed by atoms with Crippen LogP contribution in [0.3, 0.4) is 0 Å². The molecule has 1 unspecified atom stereocenters. The van der Waals surface area contributed by atoms with Gasteiger partial charge in [0.05, 0.1) is 0 Å². The first-order chi connectivity index (χ1) is 9.12. The van der Waals surface area contributed by atoms with Crippen LogP contribution in [0.25, 0.3) is 0 Å². The van der Waals surface area contributed by atoms with E-state index in [1.165, 1.54) is 30.4 Å². The normalized spacial score (nSPS) is 32.6. The lowest BCUT2D eigenvalue weighted by Crippen LogP contribution is -2.52. The minimum absolute atomic E-state index is 0.118. The molecule has 2 aliphatic rings. The van der Waals surface area contributed by atoms with Gasteiger partial charge < -0.3 is 10.1 Å². The molecule has 1 atom stereocenters. The van der Waals surface area contributed by atoms with Crippen molar-refractivity contribution >= 4 is 0 Å². The second-order valence-corrected chi connectivity index (χ2v) is 6.55. The van der Waals surface area contributed by atoms with E-state index in [1.807, 2.05) is 0 Å². The van der Waals surface area contributed by atoms with E-state index in [-0.39, 0.29) is 5.60 Å². The third-order valence-corrected chi connectivity index (χ3v) is 4.52. The van der Waals surface area contributed by atoms with Crippen molar-refractivity contribution in [2.45, 2.75) is 58.1 Å². The van der Waals surface area contributed by atoms with Gasteiger partial charge in [-0.05, 0) is 44.7 Å². The van der Waals surface area contributed by atoms with Crippen molar-refractivity contribution in [2.75, 3.05) is 6.54 Å².